The second-order valence-electron chi connectivity index (χ2n) is 7.24. The molecule has 1 N–H and O–H groups in total. The van der Waals surface area contributed by atoms with Gasteiger partial charge in [0.1, 0.15) is 16.9 Å². The second-order valence-corrected chi connectivity index (χ2v) is 7.24. The van der Waals surface area contributed by atoms with Gasteiger partial charge in [0.05, 0.1) is 13.7 Å². The highest BCUT2D eigenvalue weighted by Gasteiger charge is 2.41. The predicted molar refractivity (Wildman–Crippen MR) is 103 cm³/mol. The van der Waals surface area contributed by atoms with E-state index in [1.165, 1.54) is 0 Å². The summed E-state index contributed by atoms with van der Waals surface area (Å²) in [6, 6.07) is 13.3. The molecule has 0 radical (unpaired) electrons. The standard InChI is InChI=1S/C22H23NO4/c1-14-6-4-5-7-18(14)22(25)10-11-23(13-22)21(24)20-15(2)17-9-8-16(26-3)12-19(17)27-20/h4-9,12,25H,10-11,13H2,1-3H3/t22-/m1/s1. The molecule has 1 aliphatic rings. The van der Waals surface area contributed by atoms with E-state index < -0.39 is 5.60 Å². The fourth-order valence-electron chi connectivity index (χ4n) is 3.96. The summed E-state index contributed by atoms with van der Waals surface area (Å²) in [5, 5.41) is 12.0. The van der Waals surface area contributed by atoms with Gasteiger partial charge in [-0.25, -0.2) is 0 Å². The van der Waals surface area contributed by atoms with Crippen molar-refractivity contribution in [2.45, 2.75) is 25.9 Å². The number of amides is 1. The van der Waals surface area contributed by atoms with Crippen LogP contribution >= 0.6 is 0 Å². The van der Waals surface area contributed by atoms with Gasteiger partial charge in [-0.3, -0.25) is 4.79 Å². The molecule has 3 aromatic rings. The number of methoxy groups -OCH3 is 1. The van der Waals surface area contributed by atoms with Crippen LogP contribution in [0.15, 0.2) is 46.9 Å². The molecule has 5 heteroatoms. The maximum atomic E-state index is 13.1. The minimum atomic E-state index is -1.02. The lowest BCUT2D eigenvalue weighted by molar-refractivity contribution is 0.0403. The number of ether oxygens (including phenoxy) is 1. The Morgan fingerprint density at radius 1 is 1.22 bits per heavy atom. The zero-order valence-corrected chi connectivity index (χ0v) is 15.8. The maximum Gasteiger partial charge on any atom is 0.289 e. The third-order valence-corrected chi connectivity index (χ3v) is 5.52. The number of hydrogen-bond donors (Lipinski definition) is 1. The molecule has 1 aromatic heterocycles. The molecule has 1 saturated heterocycles. The number of β-amino-alcohol motifs (C(OH)–C–C–N with tert-alkyl or cyclic N) is 1. The smallest absolute Gasteiger partial charge is 0.289 e. The zero-order chi connectivity index (χ0) is 19.2. The Morgan fingerprint density at radius 2 is 2.00 bits per heavy atom. The van der Waals surface area contributed by atoms with Crippen molar-refractivity contribution < 1.29 is 19.1 Å². The van der Waals surface area contributed by atoms with Gasteiger partial charge in [0, 0.05) is 23.6 Å². The van der Waals surface area contributed by atoms with Crippen LogP contribution in [0.25, 0.3) is 11.0 Å². The van der Waals surface area contributed by atoms with E-state index in [9.17, 15) is 9.90 Å². The lowest BCUT2D eigenvalue weighted by atomic mass is 9.89. The summed E-state index contributed by atoms with van der Waals surface area (Å²) < 4.78 is 11.1. The topological polar surface area (TPSA) is 62.9 Å². The van der Waals surface area contributed by atoms with E-state index in [2.05, 4.69) is 0 Å². The minimum absolute atomic E-state index is 0.188. The molecule has 0 spiro atoms. The Hall–Kier alpha value is -2.79. The number of hydrogen-bond acceptors (Lipinski definition) is 4. The number of furan rings is 1. The van der Waals surface area contributed by atoms with Gasteiger partial charge in [-0.1, -0.05) is 24.3 Å². The van der Waals surface area contributed by atoms with Crippen LogP contribution in [0, 0.1) is 13.8 Å². The summed E-state index contributed by atoms with van der Waals surface area (Å²) in [6.07, 6.45) is 0.511. The lowest BCUT2D eigenvalue weighted by Crippen LogP contribution is -2.34. The van der Waals surface area contributed by atoms with Crippen molar-refractivity contribution in [3.05, 3.63) is 64.9 Å². The molecule has 140 valence electrons. The number of fused-ring (bicyclic) bond motifs is 1. The van der Waals surface area contributed by atoms with Crippen LogP contribution < -0.4 is 4.74 Å². The highest BCUT2D eigenvalue weighted by atomic mass is 16.5. The molecule has 2 heterocycles. The molecule has 0 saturated carbocycles. The number of likely N-dealkylation sites (tertiary alicyclic amines) is 1. The van der Waals surface area contributed by atoms with E-state index in [4.69, 9.17) is 9.15 Å². The Balaban J connectivity index is 1.64. The van der Waals surface area contributed by atoms with Crippen LogP contribution in [-0.4, -0.2) is 36.1 Å². The van der Waals surface area contributed by atoms with Crippen LogP contribution in [0.5, 0.6) is 5.75 Å². The van der Waals surface area contributed by atoms with Gasteiger partial charge >= 0.3 is 0 Å². The largest absolute Gasteiger partial charge is 0.497 e. The Kier molecular flexibility index (Phi) is 4.19. The minimum Gasteiger partial charge on any atom is -0.497 e. The first-order chi connectivity index (χ1) is 12.9. The Morgan fingerprint density at radius 3 is 2.74 bits per heavy atom. The number of nitrogens with zero attached hydrogens (tertiary/aromatic N) is 1. The number of aliphatic hydroxyl groups is 1. The van der Waals surface area contributed by atoms with Crippen molar-refractivity contribution in [2.24, 2.45) is 0 Å². The molecule has 0 aliphatic carbocycles. The van der Waals surface area contributed by atoms with Crippen LogP contribution in [0.1, 0.15) is 33.7 Å². The molecular weight excluding hydrogens is 342 g/mol. The second kappa shape index (κ2) is 6.43. The van der Waals surface area contributed by atoms with Gasteiger partial charge in [-0.15, -0.1) is 0 Å². The third kappa shape index (κ3) is 2.88. The maximum absolute atomic E-state index is 13.1. The molecule has 1 amide bonds. The molecule has 1 aliphatic heterocycles. The number of carbonyl (C=O) groups is 1. The van der Waals surface area contributed by atoms with Crippen LogP contribution in [-0.2, 0) is 5.60 Å². The van der Waals surface area contributed by atoms with Gasteiger partial charge in [0.2, 0.25) is 0 Å². The summed E-state index contributed by atoms with van der Waals surface area (Å²) in [5.41, 5.74) is 2.32. The third-order valence-electron chi connectivity index (χ3n) is 5.52. The van der Waals surface area contributed by atoms with E-state index in [-0.39, 0.29) is 12.5 Å². The highest BCUT2D eigenvalue weighted by Crippen LogP contribution is 2.36. The molecule has 0 unspecified atom stereocenters. The number of rotatable bonds is 3. The van der Waals surface area contributed by atoms with E-state index in [0.29, 0.717) is 30.1 Å². The molecule has 1 fully saturated rings. The summed E-state index contributed by atoms with van der Waals surface area (Å²) in [7, 11) is 1.60. The van der Waals surface area contributed by atoms with E-state index in [1.807, 2.05) is 50.2 Å². The lowest BCUT2D eigenvalue weighted by Gasteiger charge is -2.25. The number of benzene rings is 2. The molecular formula is C22H23NO4. The van der Waals surface area contributed by atoms with Gasteiger partial charge < -0.3 is 19.2 Å². The van der Waals surface area contributed by atoms with E-state index in [1.54, 1.807) is 18.1 Å². The molecule has 2 aromatic carbocycles. The van der Waals surface area contributed by atoms with E-state index >= 15 is 0 Å². The van der Waals surface area contributed by atoms with Crippen molar-refractivity contribution in [2.75, 3.05) is 20.2 Å². The van der Waals surface area contributed by atoms with E-state index in [0.717, 1.165) is 22.1 Å². The Bertz CT molecular complexity index is 1020. The highest BCUT2D eigenvalue weighted by molar-refractivity contribution is 5.99. The van der Waals surface area contributed by atoms with Crippen molar-refractivity contribution in [1.29, 1.82) is 0 Å². The molecule has 1 atom stereocenters. The first-order valence-electron chi connectivity index (χ1n) is 9.08. The quantitative estimate of drug-likeness (QED) is 0.767. The van der Waals surface area contributed by atoms with Gasteiger partial charge in [-0.05, 0) is 43.5 Å². The zero-order valence-electron chi connectivity index (χ0n) is 15.8. The molecule has 0 bridgehead atoms. The van der Waals surface area contributed by atoms with Crippen molar-refractivity contribution in [3.8, 4) is 5.75 Å². The fraction of sp³-hybridized carbons (Fsp3) is 0.318. The van der Waals surface area contributed by atoms with Crippen molar-refractivity contribution >= 4 is 16.9 Å². The average Bonchev–Trinajstić information content (AvgIpc) is 3.22. The van der Waals surface area contributed by atoms with Crippen LogP contribution in [0.4, 0.5) is 0 Å². The molecule has 5 nitrogen and oxygen atoms in total. The normalized spacial score (nSPS) is 19.6. The van der Waals surface area contributed by atoms with Gasteiger partial charge in [0.25, 0.3) is 5.91 Å². The first-order valence-corrected chi connectivity index (χ1v) is 9.08. The van der Waals surface area contributed by atoms with Crippen molar-refractivity contribution in [3.63, 3.8) is 0 Å². The van der Waals surface area contributed by atoms with Gasteiger partial charge in [-0.2, -0.15) is 0 Å². The summed E-state index contributed by atoms with van der Waals surface area (Å²) >= 11 is 0. The van der Waals surface area contributed by atoms with Gasteiger partial charge in [0.15, 0.2) is 5.76 Å². The SMILES string of the molecule is COc1ccc2c(C)c(C(=O)N3CC[C@](O)(c4ccccc4C)C3)oc2c1. The van der Waals surface area contributed by atoms with Crippen molar-refractivity contribution in [1.82, 2.24) is 4.90 Å². The predicted octanol–water partition coefficient (Wildman–Crippen LogP) is 3.79. The number of carbonyl (C=O) groups excluding carboxylic acids is 1. The van der Waals surface area contributed by atoms with Crippen LogP contribution in [0.2, 0.25) is 0 Å². The van der Waals surface area contributed by atoms with Crippen LogP contribution in [0.3, 0.4) is 0 Å². The first kappa shape index (κ1) is 17.6. The summed E-state index contributed by atoms with van der Waals surface area (Å²) in [6.45, 7) is 4.61. The fourth-order valence-corrected chi connectivity index (χ4v) is 3.96. The monoisotopic (exact) mass is 365 g/mol. The summed E-state index contributed by atoms with van der Waals surface area (Å²) in [4.78, 5) is 14.8. The number of aryl methyl sites for hydroxylation is 2. The Labute approximate surface area is 158 Å². The average molecular weight is 365 g/mol. The molecule has 4 rings (SSSR count). The summed E-state index contributed by atoms with van der Waals surface area (Å²) in [5.74, 6) is 0.824. The molecule has 27 heavy (non-hydrogen) atoms.